The van der Waals surface area contributed by atoms with Gasteiger partial charge in [-0.1, -0.05) is 57.2 Å². The predicted octanol–water partition coefficient (Wildman–Crippen LogP) is 6.58. The maximum atomic E-state index is 14.2. The quantitative estimate of drug-likeness (QED) is 0.306. The SMILES string of the molecule is CN(c1cccc(-c2ccc(CC(C)(C)C)cc2)c1)c1nc2nncn2c2cc(F)c(F)cc12. The van der Waals surface area contributed by atoms with Crippen molar-refractivity contribution in [1.29, 1.82) is 0 Å². The summed E-state index contributed by atoms with van der Waals surface area (Å²) in [5.74, 6) is -1.09. The Morgan fingerprint density at radius 3 is 2.38 bits per heavy atom. The number of rotatable bonds is 4. The van der Waals surface area contributed by atoms with E-state index in [2.05, 4.69) is 72.4 Å². The van der Waals surface area contributed by atoms with E-state index in [1.807, 2.05) is 24.1 Å². The first-order valence-electron chi connectivity index (χ1n) is 11.1. The maximum Gasteiger partial charge on any atom is 0.257 e. The smallest absolute Gasteiger partial charge is 0.257 e. The summed E-state index contributed by atoms with van der Waals surface area (Å²) in [4.78, 5) is 6.44. The summed E-state index contributed by atoms with van der Waals surface area (Å²) >= 11 is 0. The normalized spacial score (nSPS) is 11.9. The third-order valence-electron chi connectivity index (χ3n) is 5.85. The number of halogens is 2. The van der Waals surface area contributed by atoms with Gasteiger partial charge < -0.3 is 4.90 Å². The van der Waals surface area contributed by atoms with Crippen molar-refractivity contribution in [2.75, 3.05) is 11.9 Å². The van der Waals surface area contributed by atoms with E-state index in [0.29, 0.717) is 22.5 Å². The van der Waals surface area contributed by atoms with E-state index in [1.165, 1.54) is 18.0 Å². The zero-order chi connectivity index (χ0) is 24.0. The van der Waals surface area contributed by atoms with Gasteiger partial charge in [-0.15, -0.1) is 10.2 Å². The molecule has 172 valence electrons. The molecular formula is C27H25F2N5. The zero-order valence-corrected chi connectivity index (χ0v) is 19.5. The van der Waals surface area contributed by atoms with Crippen LogP contribution in [-0.4, -0.2) is 26.6 Å². The molecule has 5 nitrogen and oxygen atoms in total. The van der Waals surface area contributed by atoms with Crippen LogP contribution in [0, 0.1) is 17.0 Å². The summed E-state index contributed by atoms with van der Waals surface area (Å²) in [7, 11) is 1.85. The predicted molar refractivity (Wildman–Crippen MR) is 131 cm³/mol. The van der Waals surface area contributed by atoms with E-state index in [1.54, 1.807) is 4.40 Å². The molecule has 7 heteroatoms. The highest BCUT2D eigenvalue weighted by atomic mass is 19.2. The van der Waals surface area contributed by atoms with E-state index in [4.69, 9.17) is 0 Å². The van der Waals surface area contributed by atoms with Gasteiger partial charge in [-0.2, -0.15) is 4.98 Å². The Balaban J connectivity index is 1.55. The van der Waals surface area contributed by atoms with Crippen LogP contribution >= 0.6 is 0 Å². The van der Waals surface area contributed by atoms with Crippen LogP contribution in [0.4, 0.5) is 20.3 Å². The van der Waals surface area contributed by atoms with E-state index < -0.39 is 11.6 Å². The number of nitrogens with zero attached hydrogens (tertiary/aromatic N) is 5. The third kappa shape index (κ3) is 4.09. The van der Waals surface area contributed by atoms with Crippen LogP contribution < -0.4 is 4.90 Å². The van der Waals surface area contributed by atoms with Crippen molar-refractivity contribution in [2.45, 2.75) is 27.2 Å². The molecule has 0 aliphatic heterocycles. The highest BCUT2D eigenvalue weighted by Gasteiger charge is 2.18. The van der Waals surface area contributed by atoms with Gasteiger partial charge in [0.2, 0.25) is 0 Å². The molecule has 2 heterocycles. The molecule has 34 heavy (non-hydrogen) atoms. The van der Waals surface area contributed by atoms with E-state index in [0.717, 1.165) is 29.3 Å². The van der Waals surface area contributed by atoms with Crippen LogP contribution in [0.3, 0.4) is 0 Å². The average molecular weight is 458 g/mol. The summed E-state index contributed by atoms with van der Waals surface area (Å²) < 4.78 is 29.8. The van der Waals surface area contributed by atoms with Crippen molar-refractivity contribution in [2.24, 2.45) is 5.41 Å². The highest BCUT2D eigenvalue weighted by Crippen LogP contribution is 2.33. The largest absolute Gasteiger partial charge is 0.329 e. The molecule has 2 aromatic heterocycles. The first-order chi connectivity index (χ1) is 16.2. The molecule has 0 aliphatic rings. The maximum absolute atomic E-state index is 14.2. The van der Waals surface area contributed by atoms with Crippen LogP contribution in [0.15, 0.2) is 67.0 Å². The number of aromatic nitrogens is 4. The van der Waals surface area contributed by atoms with Crippen LogP contribution in [0.5, 0.6) is 0 Å². The Morgan fingerprint density at radius 2 is 1.65 bits per heavy atom. The van der Waals surface area contributed by atoms with E-state index in [-0.39, 0.29) is 5.41 Å². The van der Waals surface area contributed by atoms with Crippen LogP contribution in [0.2, 0.25) is 0 Å². The lowest BCUT2D eigenvalue weighted by atomic mass is 9.87. The van der Waals surface area contributed by atoms with Gasteiger partial charge in [-0.25, -0.2) is 8.78 Å². The number of benzene rings is 3. The lowest BCUT2D eigenvalue weighted by Gasteiger charge is -2.21. The van der Waals surface area contributed by atoms with Gasteiger partial charge in [0.05, 0.1) is 5.52 Å². The fourth-order valence-electron chi connectivity index (χ4n) is 4.24. The minimum atomic E-state index is -0.931. The molecule has 0 radical (unpaired) electrons. The molecule has 0 bridgehead atoms. The Bertz CT molecular complexity index is 1500. The van der Waals surface area contributed by atoms with Crippen molar-refractivity contribution in [3.05, 3.63) is 84.2 Å². The minimum absolute atomic E-state index is 0.230. The van der Waals surface area contributed by atoms with Gasteiger partial charge in [-0.3, -0.25) is 4.40 Å². The van der Waals surface area contributed by atoms with E-state index >= 15 is 0 Å². The third-order valence-corrected chi connectivity index (χ3v) is 5.85. The van der Waals surface area contributed by atoms with E-state index in [9.17, 15) is 8.78 Å². The number of hydrogen-bond acceptors (Lipinski definition) is 4. The first kappa shape index (κ1) is 21.9. The Hall–Kier alpha value is -3.87. The van der Waals surface area contributed by atoms with Crippen molar-refractivity contribution in [3.63, 3.8) is 0 Å². The molecule has 0 atom stereocenters. The number of fused-ring (bicyclic) bond motifs is 3. The molecule has 5 aromatic rings. The van der Waals surface area contributed by atoms with Gasteiger partial charge in [-0.05, 0) is 46.7 Å². The lowest BCUT2D eigenvalue weighted by Crippen LogP contribution is -2.13. The molecule has 0 aliphatic carbocycles. The molecule has 0 N–H and O–H groups in total. The van der Waals surface area contributed by atoms with Crippen molar-refractivity contribution >= 4 is 28.2 Å². The summed E-state index contributed by atoms with van der Waals surface area (Å²) in [6.45, 7) is 6.69. The summed E-state index contributed by atoms with van der Waals surface area (Å²) in [6.07, 6.45) is 2.45. The standard InChI is InChI=1S/C27H25F2N5/c1-27(2,3)15-17-8-10-18(11-9-17)19-6-5-7-20(12-19)33(4)25-21-13-22(28)23(29)14-24(21)34-16-30-32-26(34)31-25/h5-14,16H,15H2,1-4H3. The van der Waals surface area contributed by atoms with Crippen molar-refractivity contribution in [1.82, 2.24) is 19.6 Å². The second-order valence-electron chi connectivity index (χ2n) is 9.76. The van der Waals surface area contributed by atoms with Gasteiger partial charge >= 0.3 is 0 Å². The van der Waals surface area contributed by atoms with Crippen LogP contribution in [0.25, 0.3) is 27.8 Å². The van der Waals surface area contributed by atoms with Gasteiger partial charge in [0.25, 0.3) is 5.78 Å². The lowest BCUT2D eigenvalue weighted by molar-refractivity contribution is 0.411. The molecular weight excluding hydrogens is 432 g/mol. The average Bonchev–Trinajstić information content (AvgIpc) is 3.27. The van der Waals surface area contributed by atoms with Crippen molar-refractivity contribution < 1.29 is 8.78 Å². The van der Waals surface area contributed by atoms with Gasteiger partial charge in [0.15, 0.2) is 11.6 Å². The molecule has 0 unspecified atom stereocenters. The molecule has 0 saturated heterocycles. The highest BCUT2D eigenvalue weighted by molar-refractivity contribution is 5.93. The second kappa shape index (κ2) is 8.17. The Morgan fingerprint density at radius 1 is 0.912 bits per heavy atom. The molecule has 0 spiro atoms. The zero-order valence-electron chi connectivity index (χ0n) is 19.5. The second-order valence-corrected chi connectivity index (χ2v) is 9.76. The Labute approximate surface area is 196 Å². The molecule has 5 rings (SSSR count). The summed E-state index contributed by atoms with van der Waals surface area (Å²) in [5.41, 5.74) is 4.99. The molecule has 0 amide bonds. The topological polar surface area (TPSA) is 46.3 Å². The minimum Gasteiger partial charge on any atom is -0.329 e. The fraction of sp³-hybridized carbons (Fsp3) is 0.222. The van der Waals surface area contributed by atoms with Crippen LogP contribution in [-0.2, 0) is 6.42 Å². The fourth-order valence-corrected chi connectivity index (χ4v) is 4.24. The first-order valence-corrected chi connectivity index (χ1v) is 11.1. The monoisotopic (exact) mass is 457 g/mol. The number of hydrogen-bond donors (Lipinski definition) is 0. The van der Waals surface area contributed by atoms with Gasteiger partial charge in [0.1, 0.15) is 12.1 Å². The van der Waals surface area contributed by atoms with Gasteiger partial charge in [0, 0.05) is 24.2 Å². The van der Waals surface area contributed by atoms with Crippen LogP contribution in [0.1, 0.15) is 26.3 Å². The Kier molecular flexibility index (Phi) is 5.27. The molecule has 3 aromatic carbocycles. The molecule has 0 fully saturated rings. The molecule has 0 saturated carbocycles. The summed E-state index contributed by atoms with van der Waals surface area (Å²) in [6, 6.07) is 19.0. The number of anilines is 2. The summed E-state index contributed by atoms with van der Waals surface area (Å²) in [5, 5.41) is 8.35. The van der Waals surface area contributed by atoms with Crippen molar-refractivity contribution in [3.8, 4) is 11.1 Å².